The zero-order chi connectivity index (χ0) is 27.0. The number of nitrogens with one attached hydrogen (secondary N) is 1. The van der Waals surface area contributed by atoms with Crippen molar-refractivity contribution in [2.45, 2.75) is 78.9 Å². The Hall–Kier alpha value is -3.68. The number of hydrogen-bond acceptors (Lipinski definition) is 7. The number of nitrogens with zero attached hydrogens (tertiary/aromatic N) is 2. The van der Waals surface area contributed by atoms with Gasteiger partial charge >= 0.3 is 5.97 Å². The van der Waals surface area contributed by atoms with Crippen LogP contribution in [0.4, 0.5) is 0 Å². The zero-order valence-corrected chi connectivity index (χ0v) is 22.6. The Balaban J connectivity index is 1.84. The molecule has 198 valence electrons. The maximum Gasteiger partial charge on any atom is 0.306 e. The van der Waals surface area contributed by atoms with Crippen molar-refractivity contribution in [2.24, 2.45) is 0 Å². The Labute approximate surface area is 218 Å². The van der Waals surface area contributed by atoms with Crippen LogP contribution in [0.3, 0.4) is 0 Å². The maximum atomic E-state index is 12.5. The first-order valence-corrected chi connectivity index (χ1v) is 12.8. The Morgan fingerprint density at radius 3 is 2.54 bits per heavy atom. The molecule has 1 aromatic carbocycles. The molecular formula is C29H37N3O5. The highest BCUT2D eigenvalue weighted by Crippen LogP contribution is 2.38. The number of fused-ring (bicyclic) bond motifs is 1. The summed E-state index contributed by atoms with van der Waals surface area (Å²) in [4.78, 5) is 33.2. The van der Waals surface area contributed by atoms with Gasteiger partial charge < -0.3 is 19.2 Å². The van der Waals surface area contributed by atoms with Gasteiger partial charge in [0.25, 0.3) is 0 Å². The highest BCUT2D eigenvalue weighted by atomic mass is 16.6. The van der Waals surface area contributed by atoms with E-state index in [9.17, 15) is 9.59 Å². The minimum absolute atomic E-state index is 0.159. The van der Waals surface area contributed by atoms with Crippen LogP contribution in [0.5, 0.6) is 5.88 Å². The molecule has 0 aliphatic heterocycles. The first-order chi connectivity index (χ1) is 17.6. The van der Waals surface area contributed by atoms with Gasteiger partial charge in [0.2, 0.25) is 17.5 Å². The van der Waals surface area contributed by atoms with Crippen LogP contribution in [0, 0.1) is 0 Å². The summed E-state index contributed by atoms with van der Waals surface area (Å²) in [6, 6.07) is 9.67. The molecule has 0 spiro atoms. The van der Waals surface area contributed by atoms with Crippen molar-refractivity contribution in [1.29, 1.82) is 0 Å². The highest BCUT2D eigenvalue weighted by Gasteiger charge is 2.22. The van der Waals surface area contributed by atoms with Gasteiger partial charge in [-0.15, -0.1) is 0 Å². The summed E-state index contributed by atoms with van der Waals surface area (Å²) in [7, 11) is 0. The van der Waals surface area contributed by atoms with Gasteiger partial charge in [-0.3, -0.25) is 9.59 Å². The molecule has 37 heavy (non-hydrogen) atoms. The van der Waals surface area contributed by atoms with Gasteiger partial charge in [0.15, 0.2) is 0 Å². The van der Waals surface area contributed by atoms with Crippen molar-refractivity contribution in [2.75, 3.05) is 6.54 Å². The Kier molecular flexibility index (Phi) is 9.44. The third-order valence-corrected chi connectivity index (χ3v) is 5.56. The van der Waals surface area contributed by atoms with Crippen molar-refractivity contribution in [1.82, 2.24) is 15.3 Å². The topological polar surface area (TPSA) is 104 Å². The van der Waals surface area contributed by atoms with Crippen molar-refractivity contribution in [3.05, 3.63) is 47.8 Å². The SMILES string of the molecule is CCNC(=O)/C(C)=C/c1c(-c2ccccc2)oc2ncnc(O[C@H](C)CCCCC(=O)OC(C)(C)C)c12. The maximum absolute atomic E-state index is 12.5. The van der Waals surface area contributed by atoms with E-state index in [0.717, 1.165) is 18.4 Å². The molecule has 3 aromatic rings. The fourth-order valence-corrected chi connectivity index (χ4v) is 3.88. The number of carbonyl (C=O) groups excluding carboxylic acids is 2. The second kappa shape index (κ2) is 12.5. The van der Waals surface area contributed by atoms with Crippen LogP contribution in [-0.4, -0.2) is 40.1 Å². The molecule has 0 aliphatic rings. The summed E-state index contributed by atoms with van der Waals surface area (Å²) in [5, 5.41) is 3.44. The minimum atomic E-state index is -0.475. The number of carbonyl (C=O) groups is 2. The summed E-state index contributed by atoms with van der Waals surface area (Å²) < 4.78 is 17.8. The van der Waals surface area contributed by atoms with Gasteiger partial charge in [-0.1, -0.05) is 30.3 Å². The number of hydrogen-bond donors (Lipinski definition) is 1. The fraction of sp³-hybridized carbons (Fsp3) is 0.448. The number of furan rings is 1. The molecule has 1 atom stereocenters. The number of esters is 1. The van der Waals surface area contributed by atoms with Gasteiger partial charge in [-0.2, -0.15) is 0 Å². The second-order valence-electron chi connectivity index (χ2n) is 10.0. The predicted molar refractivity (Wildman–Crippen MR) is 144 cm³/mol. The standard InChI is InChI=1S/C29H37N3O5/c1-7-30-26(34)19(2)17-22-24-27(35-20(3)13-11-12-16-23(33)37-29(4,5)6)31-18-32-28(24)36-25(22)21-14-9-8-10-15-21/h8-10,14-15,17-18,20H,7,11-13,16H2,1-6H3,(H,30,34)/b19-17+/t20-/m1/s1. The molecular weight excluding hydrogens is 470 g/mol. The van der Waals surface area contributed by atoms with Crippen molar-refractivity contribution in [3.8, 4) is 17.2 Å². The number of amides is 1. The molecule has 3 rings (SSSR count). The van der Waals surface area contributed by atoms with Gasteiger partial charge in [-0.05, 0) is 66.9 Å². The van der Waals surface area contributed by atoms with E-state index in [1.807, 2.05) is 65.0 Å². The van der Waals surface area contributed by atoms with Gasteiger partial charge in [-0.25, -0.2) is 9.97 Å². The second-order valence-corrected chi connectivity index (χ2v) is 10.0. The van der Waals surface area contributed by atoms with E-state index in [4.69, 9.17) is 13.9 Å². The van der Waals surface area contributed by atoms with E-state index in [1.54, 1.807) is 13.0 Å². The van der Waals surface area contributed by atoms with E-state index < -0.39 is 5.60 Å². The fourth-order valence-electron chi connectivity index (χ4n) is 3.88. The average Bonchev–Trinajstić information content (AvgIpc) is 3.20. The van der Waals surface area contributed by atoms with Crippen molar-refractivity contribution >= 4 is 29.1 Å². The molecule has 2 heterocycles. The largest absolute Gasteiger partial charge is 0.474 e. The third-order valence-electron chi connectivity index (χ3n) is 5.56. The lowest BCUT2D eigenvalue weighted by Gasteiger charge is -2.19. The molecule has 0 saturated carbocycles. The number of ether oxygens (including phenoxy) is 2. The summed E-state index contributed by atoms with van der Waals surface area (Å²) in [5.41, 5.74) is 1.99. The molecule has 2 aromatic heterocycles. The van der Waals surface area contributed by atoms with Crippen molar-refractivity contribution in [3.63, 3.8) is 0 Å². The van der Waals surface area contributed by atoms with E-state index in [-0.39, 0.29) is 18.0 Å². The van der Waals surface area contributed by atoms with Crippen LogP contribution in [0.2, 0.25) is 0 Å². The normalized spacial score (nSPS) is 12.9. The van der Waals surface area contributed by atoms with Crippen LogP contribution in [0.15, 0.2) is 46.6 Å². The lowest BCUT2D eigenvalue weighted by Crippen LogP contribution is -2.23. The molecule has 0 unspecified atom stereocenters. The van der Waals surface area contributed by atoms with E-state index in [1.165, 1.54) is 6.33 Å². The summed E-state index contributed by atoms with van der Waals surface area (Å²) in [5.74, 6) is 0.637. The van der Waals surface area contributed by atoms with Crippen LogP contribution in [0.25, 0.3) is 28.5 Å². The average molecular weight is 508 g/mol. The molecule has 0 aliphatic carbocycles. The number of likely N-dealkylation sites (N-methyl/N-ethyl adjacent to an activating group) is 1. The van der Waals surface area contributed by atoms with E-state index in [2.05, 4.69) is 15.3 Å². The predicted octanol–water partition coefficient (Wildman–Crippen LogP) is 6.10. The smallest absolute Gasteiger partial charge is 0.306 e. The zero-order valence-electron chi connectivity index (χ0n) is 22.6. The van der Waals surface area contributed by atoms with E-state index in [0.29, 0.717) is 53.3 Å². The molecule has 8 nitrogen and oxygen atoms in total. The van der Waals surface area contributed by atoms with Crippen LogP contribution < -0.4 is 10.1 Å². The molecule has 8 heteroatoms. The summed E-state index contributed by atoms with van der Waals surface area (Å²) in [6.07, 6.45) is 5.67. The molecule has 0 saturated heterocycles. The third kappa shape index (κ3) is 7.90. The molecule has 0 fully saturated rings. The number of benzene rings is 1. The minimum Gasteiger partial charge on any atom is -0.474 e. The van der Waals surface area contributed by atoms with Gasteiger partial charge in [0.05, 0.1) is 6.10 Å². The lowest BCUT2D eigenvalue weighted by atomic mass is 10.0. The Bertz CT molecular complexity index is 1240. The first-order valence-electron chi connectivity index (χ1n) is 12.8. The monoisotopic (exact) mass is 507 g/mol. The quantitative estimate of drug-likeness (QED) is 0.190. The van der Waals surface area contributed by atoms with Gasteiger partial charge in [0, 0.05) is 29.7 Å². The van der Waals surface area contributed by atoms with Crippen LogP contribution in [0.1, 0.15) is 72.8 Å². The number of rotatable bonds is 11. The summed E-state index contributed by atoms with van der Waals surface area (Å²) in [6.45, 7) is 11.7. The van der Waals surface area contributed by atoms with Crippen LogP contribution >= 0.6 is 0 Å². The summed E-state index contributed by atoms with van der Waals surface area (Å²) >= 11 is 0. The highest BCUT2D eigenvalue weighted by molar-refractivity contribution is 6.03. The lowest BCUT2D eigenvalue weighted by molar-refractivity contribution is -0.155. The molecule has 0 radical (unpaired) electrons. The Morgan fingerprint density at radius 2 is 1.86 bits per heavy atom. The Morgan fingerprint density at radius 1 is 1.14 bits per heavy atom. The molecule has 1 N–H and O–H groups in total. The molecule has 0 bridgehead atoms. The van der Waals surface area contributed by atoms with E-state index >= 15 is 0 Å². The van der Waals surface area contributed by atoms with Crippen LogP contribution in [-0.2, 0) is 14.3 Å². The number of aromatic nitrogens is 2. The molecule has 1 amide bonds. The first kappa shape index (κ1) is 27.9. The van der Waals surface area contributed by atoms with Gasteiger partial charge in [0.1, 0.15) is 23.1 Å². The number of unbranched alkanes of at least 4 members (excludes halogenated alkanes) is 1. The van der Waals surface area contributed by atoms with Crippen molar-refractivity contribution < 1.29 is 23.5 Å².